The van der Waals surface area contributed by atoms with Gasteiger partial charge in [-0.3, -0.25) is 9.67 Å². The summed E-state index contributed by atoms with van der Waals surface area (Å²) in [6.45, 7) is 2.55. The lowest BCUT2D eigenvalue weighted by molar-refractivity contribution is 0.576. The van der Waals surface area contributed by atoms with Crippen LogP contribution in [-0.2, 0) is 0 Å². The van der Waals surface area contributed by atoms with Gasteiger partial charge in [0.2, 0.25) is 0 Å². The molecule has 9 rings (SSSR count). The molecule has 8 nitrogen and oxygen atoms in total. The maximum atomic E-state index is 6.46. The Morgan fingerprint density at radius 1 is 0.784 bits per heavy atom. The fraction of sp³-hybridized carbons (Fsp3) is 0.0698. The molecular formula is C43H36N8. The van der Waals surface area contributed by atoms with E-state index in [-0.39, 0.29) is 6.17 Å². The molecule has 6 N–H and O–H groups in total. The van der Waals surface area contributed by atoms with Crippen molar-refractivity contribution >= 4 is 55.7 Å². The molecular weight excluding hydrogens is 629 g/mol. The number of nitrogens with one attached hydrogen (secondary N) is 2. The highest BCUT2D eigenvalue weighted by molar-refractivity contribution is 6.12. The van der Waals surface area contributed by atoms with Gasteiger partial charge in [0, 0.05) is 50.8 Å². The molecule has 5 aromatic carbocycles. The third-order valence-electron chi connectivity index (χ3n) is 9.84. The monoisotopic (exact) mass is 664 g/mol. The molecule has 0 amide bonds. The van der Waals surface area contributed by atoms with E-state index < -0.39 is 0 Å². The van der Waals surface area contributed by atoms with Gasteiger partial charge < -0.3 is 26.8 Å². The molecule has 0 radical (unpaired) electrons. The summed E-state index contributed by atoms with van der Waals surface area (Å²) < 4.78 is 4.12. The van der Waals surface area contributed by atoms with E-state index in [2.05, 4.69) is 129 Å². The first-order chi connectivity index (χ1) is 25.1. The Labute approximate surface area is 295 Å². The first-order valence-electron chi connectivity index (χ1n) is 17.1. The summed E-state index contributed by atoms with van der Waals surface area (Å²) in [6.07, 6.45) is 11.0. The normalized spacial score (nSPS) is 17.9. The largest absolute Gasteiger partial charge is 0.404 e. The summed E-state index contributed by atoms with van der Waals surface area (Å²) in [4.78, 5) is 9.48. The lowest BCUT2D eigenvalue weighted by atomic mass is 10.0. The van der Waals surface area contributed by atoms with Crippen molar-refractivity contribution in [3.8, 4) is 16.8 Å². The van der Waals surface area contributed by atoms with Gasteiger partial charge in [0.15, 0.2) is 0 Å². The zero-order valence-corrected chi connectivity index (χ0v) is 28.1. The van der Waals surface area contributed by atoms with Crippen LogP contribution in [0.5, 0.6) is 0 Å². The van der Waals surface area contributed by atoms with Gasteiger partial charge in [0.1, 0.15) is 17.8 Å². The van der Waals surface area contributed by atoms with Crippen LogP contribution in [-0.4, -0.2) is 27.8 Å². The first-order valence-corrected chi connectivity index (χ1v) is 17.1. The summed E-state index contributed by atoms with van der Waals surface area (Å²) in [5, 5.41) is 11.8. The number of aliphatic imine (C=N–C) groups is 2. The number of nitrogens with two attached hydrogens (primary N) is 2. The second-order valence-corrected chi connectivity index (χ2v) is 12.8. The number of benzene rings is 5. The van der Waals surface area contributed by atoms with Crippen molar-refractivity contribution in [3.63, 3.8) is 0 Å². The van der Waals surface area contributed by atoms with Crippen molar-refractivity contribution < 1.29 is 0 Å². The number of nitrogen functional groups attached to an aromatic ring is 1. The minimum absolute atomic E-state index is 0.316. The van der Waals surface area contributed by atoms with Gasteiger partial charge >= 0.3 is 0 Å². The van der Waals surface area contributed by atoms with Gasteiger partial charge in [-0.1, -0.05) is 78.9 Å². The van der Waals surface area contributed by atoms with Crippen molar-refractivity contribution in [2.75, 3.05) is 12.4 Å². The Morgan fingerprint density at radius 3 is 2.14 bits per heavy atom. The van der Waals surface area contributed by atoms with Crippen molar-refractivity contribution in [1.82, 2.24) is 19.9 Å². The molecule has 4 heterocycles. The molecule has 1 unspecified atom stereocenters. The van der Waals surface area contributed by atoms with Crippen LogP contribution in [0, 0.1) is 0 Å². The van der Waals surface area contributed by atoms with Crippen molar-refractivity contribution in [1.29, 1.82) is 0 Å². The van der Waals surface area contributed by atoms with Gasteiger partial charge in [-0.15, -0.1) is 0 Å². The summed E-state index contributed by atoms with van der Waals surface area (Å²) in [5.41, 5.74) is 16.7. The average Bonchev–Trinajstić information content (AvgIpc) is 3.68. The van der Waals surface area contributed by atoms with Crippen LogP contribution in [0.1, 0.15) is 18.7 Å². The summed E-state index contributed by atoms with van der Waals surface area (Å²) >= 11 is 0. The molecule has 51 heavy (non-hydrogen) atoms. The fourth-order valence-corrected chi connectivity index (χ4v) is 7.36. The fourth-order valence-electron chi connectivity index (χ4n) is 7.36. The highest BCUT2D eigenvalue weighted by Crippen LogP contribution is 2.37. The minimum Gasteiger partial charge on any atom is -0.404 e. The van der Waals surface area contributed by atoms with Gasteiger partial charge in [0.25, 0.3) is 0 Å². The van der Waals surface area contributed by atoms with Gasteiger partial charge in [0.05, 0.1) is 28.6 Å². The van der Waals surface area contributed by atoms with Crippen LogP contribution in [0.3, 0.4) is 0 Å². The Kier molecular flexibility index (Phi) is 7.28. The van der Waals surface area contributed by atoms with Crippen LogP contribution in [0.25, 0.3) is 60.4 Å². The summed E-state index contributed by atoms with van der Waals surface area (Å²) in [6, 6.07) is 38.9. The molecule has 0 bridgehead atoms. The molecule has 2 aliphatic heterocycles. The molecule has 1 atom stereocenters. The molecule has 0 saturated carbocycles. The predicted molar refractivity (Wildman–Crippen MR) is 212 cm³/mol. The number of aromatic nitrogens is 2. The van der Waals surface area contributed by atoms with E-state index in [9.17, 15) is 0 Å². The number of para-hydroxylation sites is 2. The average molecular weight is 665 g/mol. The highest BCUT2D eigenvalue weighted by Gasteiger charge is 2.23. The van der Waals surface area contributed by atoms with E-state index in [1.54, 1.807) is 10.9 Å². The zero-order chi connectivity index (χ0) is 34.5. The number of amidine groups is 1. The van der Waals surface area contributed by atoms with Crippen molar-refractivity contribution in [2.45, 2.75) is 13.1 Å². The molecule has 0 spiro atoms. The third-order valence-corrected chi connectivity index (χ3v) is 9.84. The number of hydrogen-bond acceptors (Lipinski definition) is 6. The molecule has 0 fully saturated rings. The standard InChI is InChI=1S/C43H36N8/c1-2-8-30(25-44)42-47-41(48-43(49-42)31-9-7-22-46-26-31)27-14-18-32(19-15-27)50-37-12-5-3-10-33(37)35-23-28(16-20-38(35)50)29-17-21-40-36(24-29)34-11-4-6-13-39(34)51(40)45/h2-25,41,48H,26,44-45H2,1H3,(H,47,49)/b8-2-,30-25+,43-31?. The molecule has 8 heteroatoms. The summed E-state index contributed by atoms with van der Waals surface area (Å²) in [5.74, 6) is 8.05. The molecule has 0 aliphatic carbocycles. The molecule has 2 aliphatic rings. The first kappa shape index (κ1) is 30.3. The third kappa shape index (κ3) is 5.08. The van der Waals surface area contributed by atoms with Crippen LogP contribution in [0.2, 0.25) is 0 Å². The quantitative estimate of drug-likeness (QED) is 0.110. The summed E-state index contributed by atoms with van der Waals surface area (Å²) in [7, 11) is 0. The predicted octanol–water partition coefficient (Wildman–Crippen LogP) is 8.13. The maximum Gasteiger partial charge on any atom is 0.148 e. The van der Waals surface area contributed by atoms with Crippen LogP contribution >= 0.6 is 0 Å². The molecule has 2 aromatic heterocycles. The highest BCUT2D eigenvalue weighted by atomic mass is 15.3. The lowest BCUT2D eigenvalue weighted by Crippen LogP contribution is -2.41. The number of allylic oxidation sites excluding steroid dienone is 2. The minimum atomic E-state index is -0.316. The number of dihydropyridines is 1. The van der Waals surface area contributed by atoms with E-state index in [0.717, 1.165) is 72.2 Å². The van der Waals surface area contributed by atoms with Crippen molar-refractivity contribution in [2.24, 2.45) is 15.7 Å². The van der Waals surface area contributed by atoms with E-state index in [4.69, 9.17) is 16.6 Å². The van der Waals surface area contributed by atoms with E-state index >= 15 is 0 Å². The van der Waals surface area contributed by atoms with Crippen LogP contribution < -0.4 is 22.2 Å². The second kappa shape index (κ2) is 12.3. The van der Waals surface area contributed by atoms with E-state index in [1.807, 2.05) is 37.4 Å². The van der Waals surface area contributed by atoms with Gasteiger partial charge in [-0.25, -0.2) is 4.99 Å². The smallest absolute Gasteiger partial charge is 0.148 e. The lowest BCUT2D eigenvalue weighted by Gasteiger charge is -2.29. The van der Waals surface area contributed by atoms with Gasteiger partial charge in [-0.2, -0.15) is 0 Å². The zero-order valence-electron chi connectivity index (χ0n) is 28.1. The Morgan fingerprint density at radius 2 is 1.43 bits per heavy atom. The Hall–Kier alpha value is -6.80. The SMILES string of the molecule is C/C=C\C(=C/N)C1=NC(c2ccc(-n3c4ccccc4c4cc(-c5ccc6c(c5)c5ccccc5n6N)ccc43)cc2)NC(=C2C=CC=NC2)N1. The van der Waals surface area contributed by atoms with E-state index in [1.165, 1.54) is 10.8 Å². The maximum absolute atomic E-state index is 6.46. The molecule has 248 valence electrons. The second-order valence-electron chi connectivity index (χ2n) is 12.8. The number of fused-ring (bicyclic) bond motifs is 6. The Bertz CT molecular complexity index is 2700. The van der Waals surface area contributed by atoms with Crippen LogP contribution in [0.15, 0.2) is 167 Å². The molecule has 7 aromatic rings. The van der Waals surface area contributed by atoms with Crippen molar-refractivity contribution in [3.05, 3.63) is 162 Å². The van der Waals surface area contributed by atoms with E-state index in [0.29, 0.717) is 12.4 Å². The number of hydrogen-bond donors (Lipinski definition) is 4. The van der Waals surface area contributed by atoms with Crippen LogP contribution in [0.4, 0.5) is 0 Å². The Balaban J connectivity index is 1.11. The number of nitrogens with zero attached hydrogens (tertiary/aromatic N) is 4. The molecule has 0 saturated heterocycles. The topological polar surface area (TPSA) is 111 Å². The number of rotatable bonds is 5. The van der Waals surface area contributed by atoms with Gasteiger partial charge in [-0.05, 0) is 78.2 Å².